The molecule has 0 aliphatic heterocycles. The monoisotopic (exact) mass is 516 g/mol. The van der Waals surface area contributed by atoms with Crippen molar-refractivity contribution in [1.82, 2.24) is 0 Å². The van der Waals surface area contributed by atoms with E-state index in [-0.39, 0.29) is 5.91 Å². The van der Waals surface area contributed by atoms with Crippen molar-refractivity contribution in [2.75, 3.05) is 16.4 Å². The molecule has 184 valence electrons. The average Bonchev–Trinajstić information content (AvgIpc) is 2.79. The van der Waals surface area contributed by atoms with Gasteiger partial charge in [-0.1, -0.05) is 17.7 Å². The number of benzene rings is 3. The summed E-state index contributed by atoms with van der Waals surface area (Å²) in [7, 11) is 0. The topological polar surface area (TPSA) is 58.2 Å². The quantitative estimate of drug-likeness (QED) is 0.222. The Morgan fingerprint density at radius 1 is 0.857 bits per heavy atom. The fraction of sp³-hybridized carbons (Fsp3) is 0.130. The lowest BCUT2D eigenvalue weighted by Crippen LogP contribution is -2.21. The number of amides is 2. The van der Waals surface area contributed by atoms with Gasteiger partial charge in [0.1, 0.15) is 11.3 Å². The number of hydrogen-bond donors (Lipinski definition) is 2. The first-order valence-corrected chi connectivity index (χ1v) is 10.7. The molecule has 12 heteroatoms. The van der Waals surface area contributed by atoms with Gasteiger partial charge in [0.15, 0.2) is 23.3 Å². The molecule has 3 aromatic rings. The number of nitrogens with one attached hydrogen (secondary N) is 2. The minimum atomic E-state index is -5.68. The number of rotatable bonds is 6. The molecule has 0 aliphatic carbocycles. The first-order chi connectivity index (χ1) is 16.4. The van der Waals surface area contributed by atoms with Crippen LogP contribution in [0.1, 0.15) is 21.5 Å². The highest BCUT2D eigenvalue weighted by atomic mass is 32.2. The van der Waals surface area contributed by atoms with Gasteiger partial charge < -0.3 is 10.6 Å². The van der Waals surface area contributed by atoms with Gasteiger partial charge in [-0.2, -0.15) is 13.2 Å². The molecule has 3 aromatic carbocycles. The van der Waals surface area contributed by atoms with Gasteiger partial charge in [-0.25, -0.2) is 17.6 Å². The van der Waals surface area contributed by atoms with E-state index in [2.05, 4.69) is 5.32 Å². The Labute approximate surface area is 198 Å². The van der Waals surface area contributed by atoms with Crippen molar-refractivity contribution in [3.63, 3.8) is 0 Å². The summed E-state index contributed by atoms with van der Waals surface area (Å²) in [5, 5.41) is 4.24. The van der Waals surface area contributed by atoms with Crippen molar-refractivity contribution in [1.29, 1.82) is 0 Å². The van der Waals surface area contributed by atoms with Crippen LogP contribution >= 0.6 is 11.8 Å². The number of thioether (sulfide) groups is 1. The Kier molecular flexibility index (Phi) is 7.73. The van der Waals surface area contributed by atoms with Crippen molar-refractivity contribution in [3.05, 3.63) is 88.5 Å². The maximum absolute atomic E-state index is 13.9. The number of aryl methyl sites for hydroxylation is 1. The molecule has 35 heavy (non-hydrogen) atoms. The summed E-state index contributed by atoms with van der Waals surface area (Å²) in [6.07, 6.45) is -5.68. The Morgan fingerprint density at radius 3 is 2.00 bits per heavy atom. The Morgan fingerprint density at radius 2 is 1.46 bits per heavy atom. The maximum Gasteiger partial charge on any atom is 0.422 e. The molecule has 2 amide bonds. The highest BCUT2D eigenvalue weighted by Gasteiger charge is 2.42. The van der Waals surface area contributed by atoms with E-state index in [1.807, 2.05) is 13.0 Å². The summed E-state index contributed by atoms with van der Waals surface area (Å²) in [6.45, 7) is 1.84. The summed E-state index contributed by atoms with van der Waals surface area (Å²) < 4.78 is 93.1. The summed E-state index contributed by atoms with van der Waals surface area (Å²) >= 11 is 0.864. The van der Waals surface area contributed by atoms with Crippen LogP contribution < -0.4 is 10.6 Å². The number of carbonyl (C=O) groups excluding carboxylic acids is 2. The molecule has 2 N–H and O–H groups in total. The smallest absolute Gasteiger partial charge is 0.322 e. The average molecular weight is 516 g/mol. The van der Waals surface area contributed by atoms with Gasteiger partial charge in [-0.3, -0.25) is 9.59 Å². The molecule has 0 spiro atoms. The third-order valence-corrected chi connectivity index (χ3v) is 5.59. The summed E-state index contributed by atoms with van der Waals surface area (Å²) in [6, 6.07) is 13.1. The van der Waals surface area contributed by atoms with Crippen LogP contribution in [-0.4, -0.2) is 17.6 Å². The van der Waals surface area contributed by atoms with Gasteiger partial charge in [0.05, 0.1) is 5.75 Å². The highest BCUT2D eigenvalue weighted by Crippen LogP contribution is 2.38. The zero-order valence-corrected chi connectivity index (χ0v) is 18.5. The van der Waals surface area contributed by atoms with Crippen molar-refractivity contribution in [2.24, 2.45) is 0 Å². The second-order valence-corrected chi connectivity index (χ2v) is 8.24. The van der Waals surface area contributed by atoms with E-state index in [1.54, 1.807) is 23.5 Å². The first kappa shape index (κ1) is 26.1. The van der Waals surface area contributed by atoms with Crippen LogP contribution in [0.25, 0.3) is 0 Å². The number of anilines is 2. The van der Waals surface area contributed by atoms with Crippen LogP contribution in [0.4, 0.5) is 42.1 Å². The van der Waals surface area contributed by atoms with Crippen LogP contribution in [0.5, 0.6) is 0 Å². The first-order valence-electron chi connectivity index (χ1n) is 9.72. The molecule has 0 fully saturated rings. The summed E-state index contributed by atoms with van der Waals surface area (Å²) in [4.78, 5) is 24.8. The fourth-order valence-corrected chi connectivity index (χ4v) is 3.64. The predicted octanol–water partition coefficient (Wildman–Crippen LogP) is 6.55. The van der Waals surface area contributed by atoms with Crippen molar-refractivity contribution >= 4 is 35.0 Å². The molecule has 0 aliphatic rings. The van der Waals surface area contributed by atoms with Crippen LogP contribution in [0.15, 0.2) is 53.4 Å². The SMILES string of the molecule is Cc1cccc(C(=O)Nc2ccc(SCC(=O)Nc3c(F)c(F)c(C(F)(F)F)c(F)c3F)cc2)c1. The maximum atomic E-state index is 13.9. The van der Waals surface area contributed by atoms with E-state index in [4.69, 9.17) is 0 Å². The van der Waals surface area contributed by atoms with Crippen molar-refractivity contribution in [2.45, 2.75) is 18.0 Å². The molecule has 0 atom stereocenters. The van der Waals surface area contributed by atoms with Gasteiger partial charge in [0, 0.05) is 16.1 Å². The molecule has 0 radical (unpaired) electrons. The minimum Gasteiger partial charge on any atom is -0.322 e. The highest BCUT2D eigenvalue weighted by molar-refractivity contribution is 8.00. The third kappa shape index (κ3) is 6.13. The van der Waals surface area contributed by atoms with Crippen molar-refractivity contribution < 1.29 is 40.3 Å². The second kappa shape index (κ2) is 10.4. The Hall–Kier alpha value is -3.54. The standard InChI is InChI=1S/C23H15F7N2O2S/c1-11-3-2-4-12(9-11)22(34)31-13-5-7-14(8-6-13)35-10-15(33)32-21-19(26)17(24)16(23(28,29)30)18(25)20(21)27/h2-9H,10H2,1H3,(H,31,34)(H,32,33). The largest absolute Gasteiger partial charge is 0.422 e. The van der Waals surface area contributed by atoms with Gasteiger partial charge in [0.2, 0.25) is 5.91 Å². The Balaban J connectivity index is 1.63. The summed E-state index contributed by atoms with van der Waals surface area (Å²) in [5.41, 5.74) is -2.58. The van der Waals surface area contributed by atoms with E-state index in [1.165, 1.54) is 24.3 Å². The molecular weight excluding hydrogens is 501 g/mol. The van der Waals surface area contributed by atoms with E-state index in [0.29, 0.717) is 16.1 Å². The van der Waals surface area contributed by atoms with Gasteiger partial charge in [-0.05, 0) is 43.3 Å². The molecule has 0 heterocycles. The van der Waals surface area contributed by atoms with Crippen molar-refractivity contribution in [3.8, 4) is 0 Å². The van der Waals surface area contributed by atoms with E-state index in [0.717, 1.165) is 17.3 Å². The lowest BCUT2D eigenvalue weighted by molar-refractivity contribution is -0.143. The Bertz CT molecular complexity index is 1250. The van der Waals surface area contributed by atoms with Crippen LogP contribution in [-0.2, 0) is 11.0 Å². The number of hydrogen-bond acceptors (Lipinski definition) is 3. The zero-order chi connectivity index (χ0) is 25.9. The minimum absolute atomic E-state index is 0.339. The molecule has 0 saturated heterocycles. The van der Waals surface area contributed by atoms with Gasteiger partial charge in [0.25, 0.3) is 5.91 Å². The summed E-state index contributed by atoms with van der Waals surface area (Å²) in [5.74, 6) is -12.0. The van der Waals surface area contributed by atoms with E-state index < -0.39 is 52.4 Å². The van der Waals surface area contributed by atoms with Gasteiger partial charge in [-0.15, -0.1) is 11.8 Å². The normalized spacial score (nSPS) is 11.3. The second-order valence-electron chi connectivity index (χ2n) is 7.19. The lowest BCUT2D eigenvalue weighted by atomic mass is 10.1. The third-order valence-electron chi connectivity index (χ3n) is 4.57. The fourth-order valence-electron chi connectivity index (χ4n) is 2.94. The molecule has 0 saturated carbocycles. The predicted molar refractivity (Wildman–Crippen MR) is 116 cm³/mol. The zero-order valence-electron chi connectivity index (χ0n) is 17.7. The molecular formula is C23H15F7N2O2S. The molecule has 3 rings (SSSR count). The molecule has 0 bridgehead atoms. The number of halogens is 7. The molecule has 4 nitrogen and oxygen atoms in total. The van der Waals surface area contributed by atoms with Crippen LogP contribution in [0, 0.1) is 30.2 Å². The van der Waals surface area contributed by atoms with Crippen LogP contribution in [0.2, 0.25) is 0 Å². The number of alkyl halides is 3. The van der Waals surface area contributed by atoms with Gasteiger partial charge >= 0.3 is 6.18 Å². The van der Waals surface area contributed by atoms with E-state index >= 15 is 0 Å². The molecule has 0 unspecified atom stereocenters. The lowest BCUT2D eigenvalue weighted by Gasteiger charge is -2.14. The molecule has 0 aromatic heterocycles. The van der Waals surface area contributed by atoms with E-state index in [9.17, 15) is 40.3 Å². The number of carbonyl (C=O) groups is 2. The van der Waals surface area contributed by atoms with Crippen LogP contribution in [0.3, 0.4) is 0 Å².